The van der Waals surface area contributed by atoms with E-state index in [1.807, 2.05) is 20.8 Å². The molecule has 0 saturated carbocycles. The van der Waals surface area contributed by atoms with E-state index in [1.54, 1.807) is 25.1 Å². The van der Waals surface area contributed by atoms with Crippen LogP contribution in [0.5, 0.6) is 11.5 Å². The number of hydrogen-bond donors (Lipinski definition) is 1. The number of carbonyl (C=O) groups is 1. The molecule has 9 heteroatoms. The van der Waals surface area contributed by atoms with Gasteiger partial charge in [-0.05, 0) is 55.7 Å². The van der Waals surface area contributed by atoms with Gasteiger partial charge in [0.25, 0.3) is 0 Å². The Morgan fingerprint density at radius 2 is 1.79 bits per heavy atom. The van der Waals surface area contributed by atoms with Gasteiger partial charge in [-0.15, -0.1) is 11.3 Å². The number of aromatic nitrogens is 1. The fourth-order valence-electron chi connectivity index (χ4n) is 3.23. The van der Waals surface area contributed by atoms with Crippen molar-refractivity contribution in [3.63, 3.8) is 0 Å². The van der Waals surface area contributed by atoms with E-state index in [9.17, 15) is 18.0 Å². The van der Waals surface area contributed by atoms with Gasteiger partial charge in [0.05, 0.1) is 16.1 Å². The monoisotopic (exact) mass is 479 g/mol. The molecule has 1 heterocycles. The van der Waals surface area contributed by atoms with Gasteiger partial charge >= 0.3 is 12.1 Å². The number of rotatable bonds is 8. The van der Waals surface area contributed by atoms with Gasteiger partial charge in [-0.25, -0.2) is 9.78 Å². The van der Waals surface area contributed by atoms with Crippen molar-refractivity contribution < 1.29 is 32.5 Å². The maximum atomic E-state index is 12.9. The predicted molar refractivity (Wildman–Crippen MR) is 120 cm³/mol. The molecule has 0 spiro atoms. The van der Waals surface area contributed by atoms with Crippen LogP contribution in [0.25, 0.3) is 10.6 Å². The standard InChI is InChI=1S/C24H24F3NO4S/c1-13(2)21-22(33-23(28-21)16-5-7-17(8-6-16)24(25,26)27)15(4)32-18-9-10-19(14(3)11-18)31-12-20(29)30/h5-11,13,15H,12H2,1-4H3,(H,29,30)/t15-/m1/s1. The molecule has 3 aromatic rings. The quantitative estimate of drug-likeness (QED) is 0.382. The Kier molecular flexibility index (Phi) is 7.31. The minimum Gasteiger partial charge on any atom is -0.485 e. The van der Waals surface area contributed by atoms with E-state index in [2.05, 4.69) is 4.98 Å². The molecule has 0 aliphatic heterocycles. The van der Waals surface area contributed by atoms with Gasteiger partial charge < -0.3 is 14.6 Å². The van der Waals surface area contributed by atoms with Crippen LogP contribution in [-0.2, 0) is 11.0 Å². The van der Waals surface area contributed by atoms with E-state index in [1.165, 1.54) is 23.5 Å². The van der Waals surface area contributed by atoms with Crippen LogP contribution in [0.3, 0.4) is 0 Å². The molecule has 1 N–H and O–H groups in total. The molecule has 0 saturated heterocycles. The molecule has 0 fully saturated rings. The van der Waals surface area contributed by atoms with Crippen LogP contribution in [0, 0.1) is 6.92 Å². The lowest BCUT2D eigenvalue weighted by molar-refractivity contribution is -0.139. The molecule has 2 aromatic carbocycles. The van der Waals surface area contributed by atoms with Crippen LogP contribution in [0.2, 0.25) is 0 Å². The second-order valence-corrected chi connectivity index (χ2v) is 8.90. The van der Waals surface area contributed by atoms with Crippen molar-refractivity contribution in [2.24, 2.45) is 0 Å². The summed E-state index contributed by atoms with van der Waals surface area (Å²) in [6.45, 7) is 7.26. The summed E-state index contributed by atoms with van der Waals surface area (Å²) in [5.41, 5.74) is 1.49. The van der Waals surface area contributed by atoms with Crippen molar-refractivity contribution in [1.82, 2.24) is 4.98 Å². The van der Waals surface area contributed by atoms with Crippen LogP contribution in [0.15, 0.2) is 42.5 Å². The Morgan fingerprint density at radius 1 is 1.12 bits per heavy atom. The summed E-state index contributed by atoms with van der Waals surface area (Å²) in [7, 11) is 0. The molecular weight excluding hydrogens is 455 g/mol. The fraction of sp³-hybridized carbons (Fsp3) is 0.333. The predicted octanol–water partition coefficient (Wildman–Crippen LogP) is 6.86. The third-order valence-corrected chi connectivity index (χ3v) is 6.15. The zero-order chi connectivity index (χ0) is 24.3. The maximum absolute atomic E-state index is 12.9. The molecule has 0 amide bonds. The summed E-state index contributed by atoms with van der Waals surface area (Å²) in [6.07, 6.45) is -4.74. The van der Waals surface area contributed by atoms with Crippen molar-refractivity contribution in [1.29, 1.82) is 0 Å². The van der Waals surface area contributed by atoms with Crippen molar-refractivity contribution in [3.8, 4) is 22.1 Å². The van der Waals surface area contributed by atoms with Gasteiger partial charge in [0.15, 0.2) is 6.61 Å². The summed E-state index contributed by atoms with van der Waals surface area (Å²) in [4.78, 5) is 16.3. The number of halogens is 3. The van der Waals surface area contributed by atoms with Gasteiger partial charge in [0.2, 0.25) is 0 Å². The van der Waals surface area contributed by atoms with Gasteiger partial charge in [-0.3, -0.25) is 0 Å². The summed E-state index contributed by atoms with van der Waals surface area (Å²) in [5, 5.41) is 9.40. The van der Waals surface area contributed by atoms with Crippen LogP contribution in [0.1, 0.15) is 54.5 Å². The zero-order valence-corrected chi connectivity index (χ0v) is 19.4. The first-order chi connectivity index (χ1) is 15.5. The van der Waals surface area contributed by atoms with Crippen molar-refractivity contribution in [2.75, 3.05) is 6.61 Å². The zero-order valence-electron chi connectivity index (χ0n) is 18.6. The molecule has 1 aromatic heterocycles. The number of ether oxygens (including phenoxy) is 2. The number of thiazole rings is 1. The summed E-state index contributed by atoms with van der Waals surface area (Å²) in [5.74, 6) is 0.0853. The highest BCUT2D eigenvalue weighted by Gasteiger charge is 2.30. The first-order valence-corrected chi connectivity index (χ1v) is 11.1. The van der Waals surface area contributed by atoms with E-state index >= 15 is 0 Å². The van der Waals surface area contributed by atoms with Crippen molar-refractivity contribution in [2.45, 2.75) is 45.9 Å². The highest BCUT2D eigenvalue weighted by Crippen LogP contribution is 2.38. The number of carboxylic acids is 1. The molecule has 176 valence electrons. The minimum atomic E-state index is -4.38. The van der Waals surface area contributed by atoms with Crippen LogP contribution in [0.4, 0.5) is 13.2 Å². The largest absolute Gasteiger partial charge is 0.485 e. The third-order valence-electron chi connectivity index (χ3n) is 4.87. The van der Waals surface area contributed by atoms with E-state index < -0.39 is 24.3 Å². The molecule has 0 bridgehead atoms. The first-order valence-electron chi connectivity index (χ1n) is 10.3. The van der Waals surface area contributed by atoms with Crippen LogP contribution >= 0.6 is 11.3 Å². The number of hydrogen-bond acceptors (Lipinski definition) is 5. The number of benzene rings is 2. The molecule has 3 rings (SSSR count). The number of carboxylic acid groups (broad SMARTS) is 1. The highest BCUT2D eigenvalue weighted by atomic mass is 32.1. The Morgan fingerprint density at radius 3 is 2.33 bits per heavy atom. The minimum absolute atomic E-state index is 0.0963. The lowest BCUT2D eigenvalue weighted by Gasteiger charge is -2.17. The smallest absolute Gasteiger partial charge is 0.416 e. The Bertz CT molecular complexity index is 1120. The first kappa shape index (κ1) is 24.6. The van der Waals surface area contributed by atoms with E-state index in [0.717, 1.165) is 28.3 Å². The molecule has 33 heavy (non-hydrogen) atoms. The van der Waals surface area contributed by atoms with Crippen LogP contribution < -0.4 is 9.47 Å². The highest BCUT2D eigenvalue weighted by molar-refractivity contribution is 7.15. The number of alkyl halides is 3. The molecule has 0 aliphatic carbocycles. The van der Waals surface area contributed by atoms with E-state index in [4.69, 9.17) is 14.6 Å². The lowest BCUT2D eigenvalue weighted by atomic mass is 10.1. The SMILES string of the molecule is Cc1cc(O[C@H](C)c2sc(-c3ccc(C(F)(F)F)cc3)nc2C(C)C)ccc1OCC(=O)O. The van der Waals surface area contributed by atoms with Gasteiger partial charge in [-0.1, -0.05) is 26.0 Å². The summed E-state index contributed by atoms with van der Waals surface area (Å²) in [6, 6.07) is 10.1. The molecule has 0 radical (unpaired) electrons. The average Bonchev–Trinajstić information content (AvgIpc) is 3.18. The van der Waals surface area contributed by atoms with Gasteiger partial charge in [0.1, 0.15) is 22.6 Å². The van der Waals surface area contributed by atoms with Crippen molar-refractivity contribution >= 4 is 17.3 Å². The molecule has 5 nitrogen and oxygen atoms in total. The topological polar surface area (TPSA) is 68.7 Å². The number of aliphatic carboxylic acids is 1. The Balaban J connectivity index is 1.83. The Hall–Kier alpha value is -3.07. The molecule has 0 unspecified atom stereocenters. The number of nitrogens with zero attached hydrogens (tertiary/aromatic N) is 1. The fourth-order valence-corrected chi connectivity index (χ4v) is 4.43. The van der Waals surface area contributed by atoms with Gasteiger partial charge in [-0.2, -0.15) is 13.2 Å². The average molecular weight is 480 g/mol. The van der Waals surface area contributed by atoms with Gasteiger partial charge in [0, 0.05) is 5.56 Å². The lowest BCUT2D eigenvalue weighted by Crippen LogP contribution is -2.10. The van der Waals surface area contributed by atoms with E-state index in [0.29, 0.717) is 22.1 Å². The normalized spacial score (nSPS) is 12.6. The summed E-state index contributed by atoms with van der Waals surface area (Å²) < 4.78 is 50.0. The molecule has 1 atom stereocenters. The summed E-state index contributed by atoms with van der Waals surface area (Å²) >= 11 is 1.39. The van der Waals surface area contributed by atoms with E-state index in [-0.39, 0.29) is 12.0 Å². The molecule has 0 aliphatic rings. The van der Waals surface area contributed by atoms with Crippen LogP contribution in [-0.4, -0.2) is 22.7 Å². The van der Waals surface area contributed by atoms with Crippen molar-refractivity contribution in [3.05, 3.63) is 64.2 Å². The second kappa shape index (κ2) is 9.82. The second-order valence-electron chi connectivity index (χ2n) is 7.87. The maximum Gasteiger partial charge on any atom is 0.416 e. The molecular formula is C24H24F3NO4S. The Labute approximate surface area is 193 Å². The number of aryl methyl sites for hydroxylation is 1. The third kappa shape index (κ3) is 6.04.